The van der Waals surface area contributed by atoms with E-state index >= 15 is 0 Å². The molecule has 2 heterocycles. The number of carbonyl (C=O) groups is 3. The quantitative estimate of drug-likeness (QED) is 0.417. The second-order valence-corrected chi connectivity index (χ2v) is 8.67. The van der Waals surface area contributed by atoms with E-state index < -0.39 is 11.6 Å². The smallest absolute Gasteiger partial charge is 0.257 e. The number of halogens is 1. The topological polar surface area (TPSA) is 68.6 Å². The Morgan fingerprint density at radius 1 is 1.06 bits per heavy atom. The van der Waals surface area contributed by atoms with Gasteiger partial charge in [-0.3, -0.25) is 14.4 Å². The number of hydrogen-bond donors (Lipinski definition) is 0. The lowest BCUT2D eigenvalue weighted by molar-refractivity contribution is -0.113. The highest BCUT2D eigenvalue weighted by Gasteiger charge is 2.27. The summed E-state index contributed by atoms with van der Waals surface area (Å²) < 4.78 is 20.4. The highest BCUT2D eigenvalue weighted by molar-refractivity contribution is 6.45. The van der Waals surface area contributed by atoms with Crippen molar-refractivity contribution in [3.05, 3.63) is 65.1 Å². The van der Waals surface area contributed by atoms with Gasteiger partial charge in [0.2, 0.25) is 5.78 Å². The maximum atomic E-state index is 13.4. The van der Waals surface area contributed by atoms with Crippen molar-refractivity contribution < 1.29 is 23.5 Å². The third kappa shape index (κ3) is 4.53. The van der Waals surface area contributed by atoms with Gasteiger partial charge in [0, 0.05) is 44.7 Å². The van der Waals surface area contributed by atoms with E-state index in [1.54, 1.807) is 34.8 Å². The number of nitrogens with zero attached hydrogens (tertiary/aromatic N) is 2. The minimum absolute atomic E-state index is 0.154. The molecule has 0 unspecified atom stereocenters. The Labute approximate surface area is 191 Å². The predicted molar refractivity (Wildman–Crippen MR) is 123 cm³/mol. The van der Waals surface area contributed by atoms with Gasteiger partial charge in [0.25, 0.3) is 5.91 Å². The number of methoxy groups -OCH3 is 1. The number of likely N-dealkylation sites (tertiary alicyclic amines) is 1. The molecule has 1 aliphatic rings. The number of Topliss-reactive ketones (excluding diaryl/α,β-unsaturated/α-hetero) is 2. The summed E-state index contributed by atoms with van der Waals surface area (Å²) in [5, 5.41) is 0.563. The van der Waals surface area contributed by atoms with Gasteiger partial charge in [0.1, 0.15) is 11.6 Å². The fourth-order valence-electron chi connectivity index (χ4n) is 4.58. The fraction of sp³-hybridized carbons (Fsp3) is 0.346. The van der Waals surface area contributed by atoms with E-state index in [0.717, 1.165) is 24.8 Å². The van der Waals surface area contributed by atoms with Gasteiger partial charge in [0.05, 0.1) is 23.8 Å². The van der Waals surface area contributed by atoms with Crippen LogP contribution in [0.25, 0.3) is 10.9 Å². The molecule has 0 N–H and O–H groups in total. The van der Waals surface area contributed by atoms with Gasteiger partial charge in [-0.15, -0.1) is 0 Å². The first kappa shape index (κ1) is 22.7. The highest BCUT2D eigenvalue weighted by Crippen LogP contribution is 2.32. The number of fused-ring (bicyclic) bond motifs is 1. The number of rotatable bonds is 6. The van der Waals surface area contributed by atoms with E-state index in [9.17, 15) is 18.8 Å². The Bertz CT molecular complexity index is 1220. The summed E-state index contributed by atoms with van der Waals surface area (Å²) in [5.74, 6) is -0.655. The second kappa shape index (κ2) is 9.17. The van der Waals surface area contributed by atoms with Gasteiger partial charge < -0.3 is 14.2 Å². The molecule has 1 amide bonds. The molecule has 0 atom stereocenters. The van der Waals surface area contributed by atoms with Crippen molar-refractivity contribution in [2.45, 2.75) is 26.2 Å². The molecule has 1 aliphatic heterocycles. The Kier molecular flexibility index (Phi) is 6.31. The van der Waals surface area contributed by atoms with Gasteiger partial charge >= 0.3 is 0 Å². The average molecular weight is 451 g/mol. The van der Waals surface area contributed by atoms with Crippen molar-refractivity contribution in [1.29, 1.82) is 0 Å². The first-order valence-corrected chi connectivity index (χ1v) is 11.0. The highest BCUT2D eigenvalue weighted by atomic mass is 19.1. The number of aryl methyl sites for hydroxylation is 1. The van der Waals surface area contributed by atoms with E-state index in [1.165, 1.54) is 26.2 Å². The molecule has 0 radical (unpaired) electrons. The number of benzene rings is 2. The van der Waals surface area contributed by atoms with Crippen molar-refractivity contribution >= 4 is 28.4 Å². The number of ketones is 2. The maximum absolute atomic E-state index is 13.4. The molecule has 1 saturated heterocycles. The summed E-state index contributed by atoms with van der Waals surface area (Å²) in [5.41, 5.74) is 2.48. The predicted octanol–water partition coefficient (Wildman–Crippen LogP) is 4.19. The SMILES string of the molecule is COc1cc2c(cc1C(=O)N1CCC(Cc3ccc(F)cc3)CC1)c(C(=O)C(C)=O)cn2C. The minimum atomic E-state index is -0.578. The van der Waals surface area contributed by atoms with E-state index in [1.807, 2.05) is 12.1 Å². The molecule has 0 spiro atoms. The molecule has 0 aliphatic carbocycles. The largest absolute Gasteiger partial charge is 0.496 e. The molecule has 1 aromatic heterocycles. The zero-order valence-corrected chi connectivity index (χ0v) is 19.1. The zero-order valence-electron chi connectivity index (χ0n) is 19.1. The van der Waals surface area contributed by atoms with Crippen LogP contribution < -0.4 is 4.74 Å². The van der Waals surface area contributed by atoms with Crippen LogP contribution in [0.4, 0.5) is 4.39 Å². The van der Waals surface area contributed by atoms with Crippen LogP contribution in [0.15, 0.2) is 42.6 Å². The number of piperidine rings is 1. The Balaban J connectivity index is 1.55. The van der Waals surface area contributed by atoms with Gasteiger partial charge in [-0.2, -0.15) is 0 Å². The monoisotopic (exact) mass is 450 g/mol. The number of amides is 1. The number of carbonyl (C=O) groups excluding carboxylic acids is 3. The van der Waals surface area contributed by atoms with Crippen LogP contribution in [0.5, 0.6) is 5.75 Å². The number of aromatic nitrogens is 1. The van der Waals surface area contributed by atoms with Gasteiger partial charge in [-0.1, -0.05) is 12.1 Å². The summed E-state index contributed by atoms with van der Waals surface area (Å²) in [6, 6.07) is 9.98. The van der Waals surface area contributed by atoms with Gasteiger partial charge in [0.15, 0.2) is 5.78 Å². The summed E-state index contributed by atoms with van der Waals surface area (Å²) in [6.07, 6.45) is 4.18. The molecule has 0 bridgehead atoms. The Morgan fingerprint density at radius 2 is 1.73 bits per heavy atom. The van der Waals surface area contributed by atoms with Crippen LogP contribution in [0.1, 0.15) is 46.0 Å². The van der Waals surface area contributed by atoms with Crippen LogP contribution >= 0.6 is 0 Å². The second-order valence-electron chi connectivity index (χ2n) is 8.67. The van der Waals surface area contributed by atoms with Gasteiger partial charge in [-0.05, 0) is 48.9 Å². The Hall–Kier alpha value is -3.48. The third-order valence-corrected chi connectivity index (χ3v) is 6.44. The third-order valence-electron chi connectivity index (χ3n) is 6.44. The van der Waals surface area contributed by atoms with E-state index in [-0.39, 0.29) is 17.3 Å². The fourth-order valence-corrected chi connectivity index (χ4v) is 4.58. The molecule has 4 rings (SSSR count). The van der Waals surface area contributed by atoms with Crippen molar-refractivity contribution in [3.8, 4) is 5.75 Å². The molecule has 2 aromatic carbocycles. The number of ether oxygens (including phenoxy) is 1. The molecule has 3 aromatic rings. The number of hydrogen-bond acceptors (Lipinski definition) is 4. The Morgan fingerprint density at radius 3 is 2.33 bits per heavy atom. The first-order valence-electron chi connectivity index (χ1n) is 11.0. The van der Waals surface area contributed by atoms with Crippen LogP contribution in [0.2, 0.25) is 0 Å². The average Bonchev–Trinajstić information content (AvgIpc) is 3.14. The van der Waals surface area contributed by atoms with Gasteiger partial charge in [-0.25, -0.2) is 4.39 Å². The van der Waals surface area contributed by atoms with Crippen LogP contribution in [-0.2, 0) is 18.3 Å². The maximum Gasteiger partial charge on any atom is 0.257 e. The molecule has 0 saturated carbocycles. The lowest BCUT2D eigenvalue weighted by atomic mass is 9.90. The summed E-state index contributed by atoms with van der Waals surface area (Å²) in [4.78, 5) is 39.3. The zero-order chi connectivity index (χ0) is 23.7. The van der Waals surface area contributed by atoms with Crippen LogP contribution in [0, 0.1) is 11.7 Å². The molecule has 172 valence electrons. The standard InChI is InChI=1S/C26H27FN2O4/c1-16(30)25(31)22-15-28(2)23-14-24(33-3)21(13-20(22)23)26(32)29-10-8-18(9-11-29)12-17-4-6-19(27)7-5-17/h4-7,13-15,18H,8-12H2,1-3H3. The lowest BCUT2D eigenvalue weighted by Crippen LogP contribution is -2.39. The molecule has 33 heavy (non-hydrogen) atoms. The normalized spacial score (nSPS) is 14.5. The van der Waals surface area contributed by atoms with Crippen LogP contribution in [-0.4, -0.2) is 47.1 Å². The molecule has 6 nitrogen and oxygen atoms in total. The minimum Gasteiger partial charge on any atom is -0.496 e. The van der Waals surface area contributed by atoms with E-state index in [2.05, 4.69) is 0 Å². The van der Waals surface area contributed by atoms with Crippen molar-refractivity contribution in [2.75, 3.05) is 20.2 Å². The molecule has 7 heteroatoms. The van der Waals surface area contributed by atoms with E-state index in [0.29, 0.717) is 41.2 Å². The summed E-state index contributed by atoms with van der Waals surface area (Å²) in [6.45, 7) is 2.46. The van der Waals surface area contributed by atoms with Crippen molar-refractivity contribution in [1.82, 2.24) is 9.47 Å². The molecular formula is C26H27FN2O4. The summed E-state index contributed by atoms with van der Waals surface area (Å²) >= 11 is 0. The van der Waals surface area contributed by atoms with Crippen molar-refractivity contribution in [2.24, 2.45) is 13.0 Å². The van der Waals surface area contributed by atoms with Crippen molar-refractivity contribution in [3.63, 3.8) is 0 Å². The van der Waals surface area contributed by atoms with E-state index in [4.69, 9.17) is 4.74 Å². The molecule has 1 fully saturated rings. The lowest BCUT2D eigenvalue weighted by Gasteiger charge is -2.32. The van der Waals surface area contributed by atoms with Crippen LogP contribution in [0.3, 0.4) is 0 Å². The molecular weight excluding hydrogens is 423 g/mol. The first-order chi connectivity index (χ1) is 15.8. The summed E-state index contributed by atoms with van der Waals surface area (Å²) in [7, 11) is 3.30.